The summed E-state index contributed by atoms with van der Waals surface area (Å²) in [6.07, 6.45) is 2.44. The number of hydrogen-bond donors (Lipinski definition) is 0. The zero-order valence-corrected chi connectivity index (χ0v) is 9.66. The van der Waals surface area contributed by atoms with Gasteiger partial charge in [-0.2, -0.15) is 0 Å². The molecule has 0 amide bonds. The summed E-state index contributed by atoms with van der Waals surface area (Å²) >= 11 is 0. The van der Waals surface area contributed by atoms with Crippen molar-refractivity contribution >= 4 is 5.97 Å². The Labute approximate surface area is 95.4 Å². The molecule has 1 aromatic rings. The Morgan fingerprint density at radius 3 is 2.75 bits per heavy atom. The Morgan fingerprint density at radius 2 is 2.19 bits per heavy atom. The van der Waals surface area contributed by atoms with Crippen LogP contribution in [0.4, 0.5) is 0 Å². The van der Waals surface area contributed by atoms with E-state index in [-0.39, 0.29) is 5.97 Å². The lowest BCUT2D eigenvalue weighted by Gasteiger charge is -2.10. The van der Waals surface area contributed by atoms with Crippen LogP contribution >= 0.6 is 0 Å². The second-order valence-electron chi connectivity index (χ2n) is 3.95. The Hall–Kier alpha value is -1.51. The van der Waals surface area contributed by atoms with Gasteiger partial charge in [0.1, 0.15) is 5.75 Å². The molecule has 0 aliphatic heterocycles. The molecule has 0 heterocycles. The molecule has 3 nitrogen and oxygen atoms in total. The van der Waals surface area contributed by atoms with E-state index in [9.17, 15) is 4.79 Å². The smallest absolute Gasteiger partial charge is 0.337 e. The molecule has 0 aromatic heterocycles. The second kappa shape index (κ2) is 4.56. The Morgan fingerprint density at radius 1 is 1.44 bits per heavy atom. The molecule has 1 aromatic carbocycles. The van der Waals surface area contributed by atoms with Gasteiger partial charge in [-0.05, 0) is 43.4 Å². The van der Waals surface area contributed by atoms with Crippen LogP contribution in [-0.4, -0.2) is 19.7 Å². The Balaban J connectivity index is 2.31. The molecule has 0 radical (unpaired) electrons. The van der Waals surface area contributed by atoms with Crippen molar-refractivity contribution < 1.29 is 14.3 Å². The van der Waals surface area contributed by atoms with Crippen LogP contribution in [0.15, 0.2) is 18.2 Å². The summed E-state index contributed by atoms with van der Waals surface area (Å²) in [5.74, 6) is 1.13. The third-order valence-corrected chi connectivity index (χ3v) is 2.75. The molecule has 2 rings (SSSR count). The van der Waals surface area contributed by atoms with Gasteiger partial charge in [0, 0.05) is 0 Å². The molecule has 3 heteroatoms. The van der Waals surface area contributed by atoms with Crippen molar-refractivity contribution in [2.45, 2.75) is 25.7 Å². The van der Waals surface area contributed by atoms with Crippen LogP contribution in [0.3, 0.4) is 0 Å². The highest BCUT2D eigenvalue weighted by Gasteiger charge is 2.27. The second-order valence-corrected chi connectivity index (χ2v) is 3.95. The van der Waals surface area contributed by atoms with Gasteiger partial charge in [0.25, 0.3) is 0 Å². The molecule has 0 atom stereocenters. The van der Waals surface area contributed by atoms with Gasteiger partial charge in [0.2, 0.25) is 0 Å². The highest BCUT2D eigenvalue weighted by Crippen LogP contribution is 2.44. The highest BCUT2D eigenvalue weighted by atomic mass is 16.5. The molecule has 0 unspecified atom stereocenters. The van der Waals surface area contributed by atoms with Crippen molar-refractivity contribution in [3.8, 4) is 5.75 Å². The fourth-order valence-corrected chi connectivity index (χ4v) is 1.79. The molecular formula is C13H16O3. The van der Waals surface area contributed by atoms with Crippen molar-refractivity contribution in [2.24, 2.45) is 0 Å². The maximum Gasteiger partial charge on any atom is 0.337 e. The summed E-state index contributed by atoms with van der Waals surface area (Å²) in [6, 6.07) is 5.57. The molecule has 1 aliphatic rings. The van der Waals surface area contributed by atoms with Gasteiger partial charge in [0.15, 0.2) is 0 Å². The minimum atomic E-state index is -0.316. The van der Waals surface area contributed by atoms with Crippen molar-refractivity contribution in [3.05, 3.63) is 29.3 Å². The number of ether oxygens (including phenoxy) is 2. The molecule has 1 fully saturated rings. The van der Waals surface area contributed by atoms with Gasteiger partial charge in [-0.25, -0.2) is 4.79 Å². The highest BCUT2D eigenvalue weighted by molar-refractivity contribution is 5.90. The molecule has 0 saturated heterocycles. The first kappa shape index (κ1) is 11.0. The predicted molar refractivity (Wildman–Crippen MR) is 60.9 cm³/mol. The monoisotopic (exact) mass is 220 g/mol. The first-order valence-corrected chi connectivity index (χ1v) is 5.61. The minimum Gasteiger partial charge on any atom is -0.494 e. The van der Waals surface area contributed by atoms with E-state index in [1.54, 1.807) is 6.07 Å². The topological polar surface area (TPSA) is 35.5 Å². The van der Waals surface area contributed by atoms with Crippen LogP contribution < -0.4 is 4.74 Å². The normalized spacial score (nSPS) is 14.6. The average molecular weight is 220 g/mol. The van der Waals surface area contributed by atoms with E-state index < -0.39 is 0 Å². The van der Waals surface area contributed by atoms with Crippen molar-refractivity contribution in [1.82, 2.24) is 0 Å². The number of carbonyl (C=O) groups is 1. The maximum absolute atomic E-state index is 11.4. The van der Waals surface area contributed by atoms with E-state index >= 15 is 0 Å². The van der Waals surface area contributed by atoms with Gasteiger partial charge in [-0.1, -0.05) is 6.07 Å². The van der Waals surface area contributed by atoms with E-state index in [0.29, 0.717) is 18.1 Å². The van der Waals surface area contributed by atoms with Crippen molar-refractivity contribution in [3.63, 3.8) is 0 Å². The minimum absolute atomic E-state index is 0.316. The quantitative estimate of drug-likeness (QED) is 0.732. The largest absolute Gasteiger partial charge is 0.494 e. The number of rotatable bonds is 4. The first-order chi connectivity index (χ1) is 7.76. The Bertz CT molecular complexity index is 394. The van der Waals surface area contributed by atoms with Gasteiger partial charge in [-0.3, -0.25) is 0 Å². The number of esters is 1. The van der Waals surface area contributed by atoms with Crippen molar-refractivity contribution in [1.29, 1.82) is 0 Å². The van der Waals surface area contributed by atoms with Crippen LogP contribution in [0.25, 0.3) is 0 Å². The SMILES string of the molecule is CCOc1cc(C(=O)OC)ccc1C1CC1. The molecular weight excluding hydrogens is 204 g/mol. The van der Waals surface area contributed by atoms with E-state index in [2.05, 4.69) is 0 Å². The molecule has 0 N–H and O–H groups in total. The lowest BCUT2D eigenvalue weighted by molar-refractivity contribution is 0.0600. The summed E-state index contributed by atoms with van der Waals surface area (Å²) < 4.78 is 10.3. The van der Waals surface area contributed by atoms with Crippen molar-refractivity contribution in [2.75, 3.05) is 13.7 Å². The van der Waals surface area contributed by atoms with Crippen LogP contribution in [0.5, 0.6) is 5.75 Å². The summed E-state index contributed by atoms with van der Waals surface area (Å²) in [7, 11) is 1.39. The van der Waals surface area contributed by atoms with Gasteiger partial charge >= 0.3 is 5.97 Å². The van der Waals surface area contributed by atoms with Gasteiger partial charge in [-0.15, -0.1) is 0 Å². The van der Waals surface area contributed by atoms with Crippen LogP contribution in [0.2, 0.25) is 0 Å². The summed E-state index contributed by atoms with van der Waals surface area (Å²) in [5, 5.41) is 0. The standard InChI is InChI=1S/C13H16O3/c1-3-16-12-8-10(13(14)15-2)6-7-11(12)9-4-5-9/h6-9H,3-5H2,1-2H3. The summed E-state index contributed by atoms with van der Waals surface area (Å²) in [6.45, 7) is 2.56. The van der Waals surface area contributed by atoms with E-state index in [0.717, 1.165) is 5.75 Å². The maximum atomic E-state index is 11.4. The third-order valence-electron chi connectivity index (χ3n) is 2.75. The lowest BCUT2D eigenvalue weighted by atomic mass is 10.1. The molecule has 86 valence electrons. The molecule has 1 saturated carbocycles. The Kier molecular flexibility index (Phi) is 3.13. The third kappa shape index (κ3) is 2.18. The fraction of sp³-hybridized carbons (Fsp3) is 0.462. The molecule has 1 aliphatic carbocycles. The summed E-state index contributed by atoms with van der Waals surface area (Å²) in [4.78, 5) is 11.4. The van der Waals surface area contributed by atoms with Crippen LogP contribution in [0.1, 0.15) is 41.6 Å². The van der Waals surface area contributed by atoms with E-state index in [4.69, 9.17) is 9.47 Å². The number of benzene rings is 1. The zero-order valence-electron chi connectivity index (χ0n) is 9.66. The lowest BCUT2D eigenvalue weighted by Crippen LogP contribution is -2.03. The molecule has 16 heavy (non-hydrogen) atoms. The van der Waals surface area contributed by atoms with Gasteiger partial charge < -0.3 is 9.47 Å². The zero-order chi connectivity index (χ0) is 11.5. The predicted octanol–water partition coefficient (Wildman–Crippen LogP) is 2.75. The van der Waals surface area contributed by atoms with E-state index in [1.165, 1.54) is 25.5 Å². The number of methoxy groups -OCH3 is 1. The fourth-order valence-electron chi connectivity index (χ4n) is 1.79. The van der Waals surface area contributed by atoms with Gasteiger partial charge in [0.05, 0.1) is 19.3 Å². The first-order valence-electron chi connectivity index (χ1n) is 5.61. The molecule has 0 spiro atoms. The average Bonchev–Trinajstić information content (AvgIpc) is 3.12. The number of hydrogen-bond acceptors (Lipinski definition) is 3. The summed E-state index contributed by atoms with van der Waals surface area (Å²) in [5.41, 5.74) is 1.77. The van der Waals surface area contributed by atoms with Crippen LogP contribution in [-0.2, 0) is 4.74 Å². The number of carbonyl (C=O) groups excluding carboxylic acids is 1. The molecule has 0 bridgehead atoms. The van der Waals surface area contributed by atoms with Crippen LogP contribution in [0, 0.1) is 0 Å². The van der Waals surface area contributed by atoms with E-state index in [1.807, 2.05) is 19.1 Å².